The molecule has 12 heteroatoms. The molecule has 0 aliphatic heterocycles. The van der Waals surface area contributed by atoms with Crippen molar-refractivity contribution in [3.8, 4) is 17.0 Å². The van der Waals surface area contributed by atoms with Crippen LogP contribution < -0.4 is 10.1 Å². The number of aryl methyl sites for hydroxylation is 1. The van der Waals surface area contributed by atoms with Crippen molar-refractivity contribution in [2.45, 2.75) is 57.1 Å². The first-order valence-electron chi connectivity index (χ1n) is 13.2. The number of aromatic nitrogens is 3. The van der Waals surface area contributed by atoms with E-state index in [-0.39, 0.29) is 28.5 Å². The van der Waals surface area contributed by atoms with Crippen LogP contribution in [0, 0.1) is 12.7 Å². The Balaban J connectivity index is 1.50. The molecule has 1 fully saturated rings. The lowest BCUT2D eigenvalue weighted by Crippen LogP contribution is -2.51. The summed E-state index contributed by atoms with van der Waals surface area (Å²) in [5, 5.41) is 32.5. The van der Waals surface area contributed by atoms with E-state index in [1.807, 2.05) is 0 Å². The van der Waals surface area contributed by atoms with E-state index in [1.165, 1.54) is 50.2 Å². The average molecular weight is 585 g/mol. The van der Waals surface area contributed by atoms with Crippen LogP contribution in [0.15, 0.2) is 54.6 Å². The number of rotatable bonds is 8. The fourth-order valence-corrected chi connectivity index (χ4v) is 4.33. The normalized spacial score (nSPS) is 15.4. The second-order valence-corrected chi connectivity index (χ2v) is 10.9. The second kappa shape index (κ2) is 10.6. The molecular weight excluding hydrogens is 556 g/mol. The van der Waals surface area contributed by atoms with Crippen molar-refractivity contribution in [2.24, 2.45) is 0 Å². The molecule has 42 heavy (non-hydrogen) atoms. The largest absolute Gasteiger partial charge is 0.488 e. The Kier molecular flexibility index (Phi) is 7.40. The zero-order valence-corrected chi connectivity index (χ0v) is 23.0. The number of fused-ring (bicyclic) bond motifs is 1. The minimum atomic E-state index is -5.28. The van der Waals surface area contributed by atoms with Gasteiger partial charge in [-0.25, -0.2) is 9.37 Å². The van der Waals surface area contributed by atoms with Gasteiger partial charge in [0.2, 0.25) is 5.60 Å². The van der Waals surface area contributed by atoms with Crippen LogP contribution in [0.1, 0.15) is 54.0 Å². The molecule has 3 N–H and O–H groups in total. The smallest absolute Gasteiger partial charge is 0.424 e. The Morgan fingerprint density at radius 3 is 2.33 bits per heavy atom. The molecule has 0 spiro atoms. The maximum absolute atomic E-state index is 14.5. The molecule has 1 amide bonds. The lowest BCUT2D eigenvalue weighted by Gasteiger charge is -2.32. The number of alkyl halides is 3. The molecule has 5 rings (SSSR count). The molecule has 1 saturated carbocycles. The maximum atomic E-state index is 14.5. The Bertz CT molecular complexity index is 1650. The van der Waals surface area contributed by atoms with Crippen LogP contribution in [0.2, 0.25) is 0 Å². The van der Waals surface area contributed by atoms with Crippen LogP contribution in [0.5, 0.6) is 5.75 Å². The van der Waals surface area contributed by atoms with Gasteiger partial charge in [-0.2, -0.15) is 18.3 Å². The molecule has 0 bridgehead atoms. The van der Waals surface area contributed by atoms with E-state index in [2.05, 4.69) is 20.5 Å². The Morgan fingerprint density at radius 2 is 1.71 bits per heavy atom. The summed E-state index contributed by atoms with van der Waals surface area (Å²) in [4.78, 5) is 17.2. The topological polar surface area (TPSA) is 117 Å². The highest BCUT2D eigenvalue weighted by atomic mass is 19.4. The monoisotopic (exact) mass is 584 g/mol. The van der Waals surface area contributed by atoms with Crippen molar-refractivity contribution >= 4 is 16.8 Å². The first-order chi connectivity index (χ1) is 19.7. The van der Waals surface area contributed by atoms with E-state index >= 15 is 0 Å². The number of nitrogens with one attached hydrogen (secondary N) is 1. The maximum Gasteiger partial charge on any atom is 0.424 e. The average Bonchev–Trinajstić information content (AvgIpc) is 3.76. The predicted molar refractivity (Wildman–Crippen MR) is 145 cm³/mol. The molecule has 2 aromatic carbocycles. The van der Waals surface area contributed by atoms with Gasteiger partial charge in [0.15, 0.2) is 5.75 Å². The number of benzene rings is 2. The Labute approximate surface area is 238 Å². The summed E-state index contributed by atoms with van der Waals surface area (Å²) >= 11 is 0. The summed E-state index contributed by atoms with van der Waals surface area (Å²) in [6.45, 7) is 3.15. The van der Waals surface area contributed by atoms with Crippen LogP contribution in [0.3, 0.4) is 0 Å². The standard InChI is InChI=1S/C30H28F4N4O4/c1-16-26(42-21-9-10-21)22-12-18(6-11-23(22)38-37-16)27(39)35-15-29(41,30(32,33)34)25-14-19(28(2,3)40)13-24(36-25)17-4-7-20(31)8-5-17/h4-8,11-14,21,40-41H,9-10,15H2,1-3H3,(H,35,39). The van der Waals surface area contributed by atoms with E-state index in [1.54, 1.807) is 6.92 Å². The van der Waals surface area contributed by atoms with E-state index in [0.29, 0.717) is 22.3 Å². The molecule has 2 heterocycles. The minimum Gasteiger partial charge on any atom is -0.488 e. The highest BCUT2D eigenvalue weighted by molar-refractivity contribution is 5.99. The molecule has 0 saturated heterocycles. The number of aliphatic hydroxyl groups is 2. The molecule has 0 radical (unpaired) electrons. The molecule has 1 aliphatic rings. The van der Waals surface area contributed by atoms with Crippen LogP contribution >= 0.6 is 0 Å². The molecule has 1 aliphatic carbocycles. The summed E-state index contributed by atoms with van der Waals surface area (Å²) in [5.41, 5.74) is -4.89. The van der Waals surface area contributed by atoms with Crippen molar-refractivity contribution in [1.82, 2.24) is 20.5 Å². The first kappa shape index (κ1) is 29.3. The Morgan fingerprint density at radius 1 is 1.02 bits per heavy atom. The minimum absolute atomic E-state index is 0.0188. The number of carbonyl (C=O) groups is 1. The Hall–Kier alpha value is -4.16. The van der Waals surface area contributed by atoms with Crippen LogP contribution in [0.4, 0.5) is 17.6 Å². The molecule has 8 nitrogen and oxygen atoms in total. The van der Waals surface area contributed by atoms with Gasteiger partial charge in [-0.05, 0) is 93.8 Å². The zero-order valence-electron chi connectivity index (χ0n) is 23.0. The molecule has 1 atom stereocenters. The molecule has 2 aromatic heterocycles. The highest BCUT2D eigenvalue weighted by Crippen LogP contribution is 2.40. The van der Waals surface area contributed by atoms with Gasteiger partial charge in [0.25, 0.3) is 5.91 Å². The quantitative estimate of drug-likeness (QED) is 0.247. The summed E-state index contributed by atoms with van der Waals surface area (Å²) in [6, 6.07) is 11.5. The molecule has 1 unspecified atom stereocenters. The number of carbonyl (C=O) groups excluding carboxylic acids is 1. The van der Waals surface area contributed by atoms with Crippen LogP contribution in [-0.2, 0) is 11.2 Å². The van der Waals surface area contributed by atoms with Gasteiger partial charge < -0.3 is 20.3 Å². The van der Waals surface area contributed by atoms with Gasteiger partial charge in [-0.15, -0.1) is 5.10 Å². The lowest BCUT2D eigenvalue weighted by atomic mass is 9.90. The van der Waals surface area contributed by atoms with Crippen molar-refractivity contribution < 1.29 is 37.3 Å². The van der Waals surface area contributed by atoms with E-state index < -0.39 is 41.3 Å². The number of amides is 1. The van der Waals surface area contributed by atoms with Crippen molar-refractivity contribution in [3.63, 3.8) is 0 Å². The van der Waals surface area contributed by atoms with E-state index in [4.69, 9.17) is 4.74 Å². The van der Waals surface area contributed by atoms with Gasteiger partial charge in [0, 0.05) is 16.5 Å². The predicted octanol–water partition coefficient (Wildman–Crippen LogP) is 5.09. The zero-order chi connectivity index (χ0) is 30.4. The first-order valence-corrected chi connectivity index (χ1v) is 13.2. The SMILES string of the molecule is Cc1nnc2ccc(C(=O)NCC(O)(c3cc(C(C)(C)O)cc(-c4ccc(F)cc4)n3)C(F)(F)F)cc2c1OC1CC1. The van der Waals surface area contributed by atoms with Gasteiger partial charge in [-0.3, -0.25) is 4.79 Å². The van der Waals surface area contributed by atoms with E-state index in [9.17, 15) is 32.6 Å². The number of ether oxygens (including phenoxy) is 1. The summed E-state index contributed by atoms with van der Waals surface area (Å²) in [7, 11) is 0. The van der Waals surface area contributed by atoms with Gasteiger partial charge >= 0.3 is 6.18 Å². The van der Waals surface area contributed by atoms with Gasteiger partial charge in [-0.1, -0.05) is 0 Å². The summed E-state index contributed by atoms with van der Waals surface area (Å²) < 4.78 is 63.0. The van der Waals surface area contributed by atoms with Crippen molar-refractivity contribution in [3.05, 3.63) is 82.9 Å². The summed E-state index contributed by atoms with van der Waals surface area (Å²) in [5.74, 6) is -0.997. The third-order valence-electron chi connectivity index (χ3n) is 7.02. The van der Waals surface area contributed by atoms with Crippen LogP contribution in [-0.4, -0.2) is 50.1 Å². The van der Waals surface area contributed by atoms with Crippen molar-refractivity contribution in [1.29, 1.82) is 0 Å². The fraction of sp³-hybridized carbons (Fsp3) is 0.333. The number of hydrogen-bond acceptors (Lipinski definition) is 7. The molecule has 4 aromatic rings. The number of hydrogen-bond donors (Lipinski definition) is 3. The summed E-state index contributed by atoms with van der Waals surface area (Å²) in [6.07, 6.45) is -3.49. The van der Waals surface area contributed by atoms with Crippen LogP contribution in [0.25, 0.3) is 22.2 Å². The molecule has 220 valence electrons. The number of nitrogens with zero attached hydrogens (tertiary/aromatic N) is 3. The number of halogens is 4. The van der Waals surface area contributed by atoms with Gasteiger partial charge in [0.1, 0.15) is 11.5 Å². The second-order valence-electron chi connectivity index (χ2n) is 10.9. The fourth-order valence-electron chi connectivity index (χ4n) is 4.33. The third kappa shape index (κ3) is 5.90. The van der Waals surface area contributed by atoms with Crippen molar-refractivity contribution in [2.75, 3.05) is 6.54 Å². The number of pyridine rings is 1. The highest BCUT2D eigenvalue weighted by Gasteiger charge is 2.56. The van der Waals surface area contributed by atoms with E-state index in [0.717, 1.165) is 31.0 Å². The lowest BCUT2D eigenvalue weighted by molar-refractivity contribution is -0.265. The van der Waals surface area contributed by atoms with Gasteiger partial charge in [0.05, 0.1) is 35.2 Å². The molecular formula is C30H28F4N4O4. The third-order valence-corrected chi connectivity index (χ3v) is 7.02.